The number of sulfonamides is 1. The highest BCUT2D eigenvalue weighted by atomic mass is 32.2. The van der Waals surface area contributed by atoms with Gasteiger partial charge in [-0.2, -0.15) is 9.71 Å². The molecular formula is C20H22N4O5S. The van der Waals surface area contributed by atoms with Gasteiger partial charge < -0.3 is 9.26 Å². The maximum Gasteiger partial charge on any atom is 0.337 e. The third-order valence-electron chi connectivity index (χ3n) is 4.48. The van der Waals surface area contributed by atoms with E-state index < -0.39 is 22.0 Å². The van der Waals surface area contributed by atoms with Crippen LogP contribution in [0.15, 0.2) is 52.1 Å². The first-order chi connectivity index (χ1) is 14.2. The summed E-state index contributed by atoms with van der Waals surface area (Å²) in [7, 11) is -2.66. The van der Waals surface area contributed by atoms with Gasteiger partial charge in [-0.15, -0.1) is 0 Å². The number of carbonyl (C=O) groups is 1. The lowest BCUT2D eigenvalue weighted by molar-refractivity contribution is 0.0600. The van der Waals surface area contributed by atoms with E-state index in [9.17, 15) is 13.2 Å². The number of esters is 1. The Balaban J connectivity index is 1.90. The van der Waals surface area contributed by atoms with E-state index in [0.717, 1.165) is 0 Å². The number of pyridine rings is 1. The molecule has 3 rings (SSSR count). The van der Waals surface area contributed by atoms with Crippen molar-refractivity contribution in [2.24, 2.45) is 5.92 Å². The fourth-order valence-corrected chi connectivity index (χ4v) is 4.44. The van der Waals surface area contributed by atoms with E-state index in [0.29, 0.717) is 17.0 Å². The minimum atomic E-state index is -3.93. The average molecular weight is 430 g/mol. The zero-order valence-electron chi connectivity index (χ0n) is 17.0. The predicted octanol–water partition coefficient (Wildman–Crippen LogP) is 2.90. The molecule has 158 valence electrons. The molecule has 1 aromatic carbocycles. The molecule has 0 saturated carbocycles. The summed E-state index contributed by atoms with van der Waals surface area (Å²) in [5, 5.41) is 3.95. The summed E-state index contributed by atoms with van der Waals surface area (Å²) in [6.07, 6.45) is 3.21. The lowest BCUT2D eigenvalue weighted by atomic mass is 10.1. The highest BCUT2D eigenvalue weighted by molar-refractivity contribution is 7.89. The molecule has 0 aliphatic heterocycles. The van der Waals surface area contributed by atoms with Crippen LogP contribution in [0.4, 0.5) is 0 Å². The number of benzene rings is 1. The summed E-state index contributed by atoms with van der Waals surface area (Å²) in [4.78, 5) is 20.0. The van der Waals surface area contributed by atoms with Gasteiger partial charge in [-0.3, -0.25) is 4.98 Å². The van der Waals surface area contributed by atoms with Crippen LogP contribution in [0.3, 0.4) is 0 Å². The Labute approximate surface area is 174 Å². The fraction of sp³-hybridized carbons (Fsp3) is 0.300. The van der Waals surface area contributed by atoms with Gasteiger partial charge in [0, 0.05) is 18.0 Å². The maximum absolute atomic E-state index is 13.0. The Morgan fingerprint density at radius 3 is 2.47 bits per heavy atom. The normalized spacial score (nSPS) is 12.7. The minimum absolute atomic E-state index is 0.0506. The smallest absolute Gasteiger partial charge is 0.337 e. The van der Waals surface area contributed by atoms with Crippen LogP contribution in [0.1, 0.15) is 41.7 Å². The van der Waals surface area contributed by atoms with Crippen LogP contribution in [-0.4, -0.2) is 36.6 Å². The van der Waals surface area contributed by atoms with Crippen LogP contribution in [0, 0.1) is 12.8 Å². The van der Waals surface area contributed by atoms with E-state index >= 15 is 0 Å². The molecule has 0 radical (unpaired) electrons. The van der Waals surface area contributed by atoms with Crippen molar-refractivity contribution in [3.8, 4) is 11.4 Å². The van der Waals surface area contributed by atoms with Gasteiger partial charge in [0.25, 0.3) is 0 Å². The lowest BCUT2D eigenvalue weighted by Gasteiger charge is -2.19. The van der Waals surface area contributed by atoms with Crippen molar-refractivity contribution in [3.63, 3.8) is 0 Å². The van der Waals surface area contributed by atoms with Gasteiger partial charge >= 0.3 is 5.97 Å². The predicted molar refractivity (Wildman–Crippen MR) is 108 cm³/mol. The Bertz CT molecular complexity index is 1140. The molecule has 2 heterocycles. The maximum atomic E-state index is 13.0. The number of nitrogens with one attached hydrogen (secondary N) is 1. The number of rotatable bonds is 7. The van der Waals surface area contributed by atoms with Crippen molar-refractivity contribution >= 4 is 16.0 Å². The van der Waals surface area contributed by atoms with Gasteiger partial charge in [0.2, 0.25) is 21.7 Å². The van der Waals surface area contributed by atoms with Gasteiger partial charge in [0.05, 0.1) is 17.6 Å². The third-order valence-corrected chi connectivity index (χ3v) is 6.08. The summed E-state index contributed by atoms with van der Waals surface area (Å²) in [5.41, 5.74) is 1.39. The molecule has 1 N–H and O–H groups in total. The highest BCUT2D eigenvalue weighted by Crippen LogP contribution is 2.26. The molecule has 2 aromatic heterocycles. The zero-order chi connectivity index (χ0) is 21.9. The molecule has 0 saturated heterocycles. The van der Waals surface area contributed by atoms with E-state index in [4.69, 9.17) is 4.52 Å². The number of ether oxygens (including phenoxy) is 1. The largest absolute Gasteiger partial charge is 0.465 e. The summed E-state index contributed by atoms with van der Waals surface area (Å²) in [6, 6.07) is 6.98. The van der Waals surface area contributed by atoms with Crippen LogP contribution in [-0.2, 0) is 14.8 Å². The number of hydrogen-bond donors (Lipinski definition) is 1. The van der Waals surface area contributed by atoms with Crippen molar-refractivity contribution in [1.82, 2.24) is 19.8 Å². The molecule has 0 aliphatic carbocycles. The molecular weight excluding hydrogens is 408 g/mol. The van der Waals surface area contributed by atoms with Crippen LogP contribution >= 0.6 is 0 Å². The van der Waals surface area contributed by atoms with Crippen molar-refractivity contribution in [2.75, 3.05) is 7.11 Å². The number of carbonyl (C=O) groups excluding carboxylic acids is 1. The lowest BCUT2D eigenvalue weighted by Crippen LogP contribution is -2.32. The molecule has 1 atom stereocenters. The summed E-state index contributed by atoms with van der Waals surface area (Å²) >= 11 is 0. The third kappa shape index (κ3) is 4.55. The molecule has 0 amide bonds. The van der Waals surface area contributed by atoms with Crippen LogP contribution in [0.2, 0.25) is 0 Å². The van der Waals surface area contributed by atoms with E-state index in [1.807, 2.05) is 13.8 Å². The molecule has 10 heteroatoms. The fourth-order valence-electron chi connectivity index (χ4n) is 2.88. The summed E-state index contributed by atoms with van der Waals surface area (Å²) in [5.74, 6) is -0.204. The van der Waals surface area contributed by atoms with E-state index in [-0.39, 0.29) is 22.3 Å². The molecule has 0 spiro atoms. The first kappa shape index (κ1) is 21.6. The van der Waals surface area contributed by atoms with E-state index in [1.165, 1.54) is 25.3 Å². The molecule has 9 nitrogen and oxygen atoms in total. The average Bonchev–Trinajstić information content (AvgIpc) is 3.21. The number of methoxy groups -OCH3 is 1. The molecule has 0 bridgehead atoms. The first-order valence-corrected chi connectivity index (χ1v) is 10.7. The Hall–Kier alpha value is -3.11. The van der Waals surface area contributed by atoms with Gasteiger partial charge in [-0.25, -0.2) is 13.2 Å². The minimum Gasteiger partial charge on any atom is -0.465 e. The van der Waals surface area contributed by atoms with Gasteiger partial charge in [0.1, 0.15) is 6.04 Å². The van der Waals surface area contributed by atoms with Gasteiger partial charge in [0.15, 0.2) is 0 Å². The summed E-state index contributed by atoms with van der Waals surface area (Å²) < 4.78 is 38.8. The van der Waals surface area contributed by atoms with Crippen molar-refractivity contribution in [1.29, 1.82) is 0 Å². The molecule has 0 aliphatic rings. The van der Waals surface area contributed by atoms with Crippen molar-refractivity contribution in [2.45, 2.75) is 31.7 Å². The quantitative estimate of drug-likeness (QED) is 0.567. The second-order valence-electron chi connectivity index (χ2n) is 7.01. The second-order valence-corrected chi connectivity index (χ2v) is 8.69. The molecule has 0 fully saturated rings. The van der Waals surface area contributed by atoms with Gasteiger partial charge in [-0.1, -0.05) is 19.0 Å². The first-order valence-electron chi connectivity index (χ1n) is 9.18. The van der Waals surface area contributed by atoms with Gasteiger partial charge in [-0.05, 0) is 48.7 Å². The standard InChI is InChI=1S/C20H22N4O5S/c1-12(2)17(19-22-18(23-29-19)14-7-9-21-10-8-14)24-30(26,27)16-6-5-15(11-13(16)3)20(25)28-4/h5-12,17,24H,1-4H3. The topological polar surface area (TPSA) is 124 Å². The van der Waals surface area contributed by atoms with Crippen molar-refractivity contribution in [3.05, 3.63) is 59.7 Å². The number of aryl methyl sites for hydroxylation is 1. The van der Waals surface area contributed by atoms with Crippen LogP contribution in [0.5, 0.6) is 0 Å². The SMILES string of the molecule is COC(=O)c1ccc(S(=O)(=O)NC(c2nc(-c3ccncc3)no2)C(C)C)c(C)c1. The summed E-state index contributed by atoms with van der Waals surface area (Å²) in [6.45, 7) is 5.30. The number of nitrogens with zero attached hydrogens (tertiary/aromatic N) is 3. The number of aromatic nitrogens is 3. The monoisotopic (exact) mass is 430 g/mol. The zero-order valence-corrected chi connectivity index (χ0v) is 17.8. The molecule has 3 aromatic rings. The van der Waals surface area contributed by atoms with E-state index in [2.05, 4.69) is 24.6 Å². The van der Waals surface area contributed by atoms with E-state index in [1.54, 1.807) is 31.5 Å². The van der Waals surface area contributed by atoms with Crippen LogP contribution in [0.25, 0.3) is 11.4 Å². The molecule has 30 heavy (non-hydrogen) atoms. The highest BCUT2D eigenvalue weighted by Gasteiger charge is 2.29. The van der Waals surface area contributed by atoms with Crippen LogP contribution < -0.4 is 4.72 Å². The second kappa shape index (κ2) is 8.72. The Kier molecular flexibility index (Phi) is 6.28. The number of hydrogen-bond acceptors (Lipinski definition) is 8. The molecule has 1 unspecified atom stereocenters. The Morgan fingerprint density at radius 2 is 1.87 bits per heavy atom. The van der Waals surface area contributed by atoms with Crippen molar-refractivity contribution < 1.29 is 22.5 Å². The Morgan fingerprint density at radius 1 is 1.17 bits per heavy atom.